The lowest BCUT2D eigenvalue weighted by molar-refractivity contribution is -0.116. The third-order valence-corrected chi connectivity index (χ3v) is 3.25. The van der Waals surface area contributed by atoms with Gasteiger partial charge in [-0.3, -0.25) is 9.59 Å². The molecule has 0 aliphatic heterocycles. The Balaban J connectivity index is 2.13. The van der Waals surface area contributed by atoms with E-state index in [9.17, 15) is 14.0 Å². The Bertz CT molecular complexity index is 714. The second kappa shape index (κ2) is 7.51. The molecular formula is C17H18FN3O2. The number of amides is 2. The maximum atomic E-state index is 12.9. The molecule has 120 valence electrons. The van der Waals surface area contributed by atoms with Crippen LogP contribution in [0.25, 0.3) is 0 Å². The maximum absolute atomic E-state index is 12.9. The molecule has 23 heavy (non-hydrogen) atoms. The highest BCUT2D eigenvalue weighted by atomic mass is 19.1. The first-order valence-corrected chi connectivity index (χ1v) is 7.17. The van der Waals surface area contributed by atoms with Crippen molar-refractivity contribution >= 4 is 23.2 Å². The van der Waals surface area contributed by atoms with Gasteiger partial charge >= 0.3 is 0 Å². The molecule has 0 saturated carbocycles. The van der Waals surface area contributed by atoms with Gasteiger partial charge in [0, 0.05) is 29.9 Å². The number of nitrogens with two attached hydrogens (primary N) is 1. The fourth-order valence-corrected chi connectivity index (χ4v) is 1.98. The van der Waals surface area contributed by atoms with Crippen molar-refractivity contribution in [3.63, 3.8) is 0 Å². The molecule has 2 rings (SSSR count). The highest BCUT2D eigenvalue weighted by Crippen LogP contribution is 2.21. The minimum Gasteiger partial charge on any atom is -0.330 e. The second-order valence-corrected chi connectivity index (χ2v) is 5.08. The lowest BCUT2D eigenvalue weighted by atomic mass is 10.1. The Morgan fingerprint density at radius 3 is 2.43 bits per heavy atom. The highest BCUT2D eigenvalue weighted by Gasteiger charge is 2.09. The number of carbonyl (C=O) groups excluding carboxylic acids is 2. The predicted molar refractivity (Wildman–Crippen MR) is 87.8 cm³/mol. The van der Waals surface area contributed by atoms with Crippen molar-refractivity contribution in [3.05, 3.63) is 59.4 Å². The van der Waals surface area contributed by atoms with Crippen LogP contribution in [0.2, 0.25) is 0 Å². The number of rotatable bonds is 5. The standard InChI is InChI=1S/C17H18FN3O2/c1-11-2-7-14(20-16(22)8-9-19)10-15(11)21-17(23)12-3-5-13(18)6-4-12/h2-7,10H,8-9,19H2,1H3,(H,20,22)(H,21,23). The molecule has 0 aliphatic carbocycles. The molecule has 0 aromatic heterocycles. The molecule has 4 N–H and O–H groups in total. The van der Waals surface area contributed by atoms with Crippen molar-refractivity contribution in [3.8, 4) is 0 Å². The smallest absolute Gasteiger partial charge is 0.255 e. The van der Waals surface area contributed by atoms with Crippen molar-refractivity contribution in [2.45, 2.75) is 13.3 Å². The van der Waals surface area contributed by atoms with E-state index in [0.717, 1.165) is 5.56 Å². The van der Waals surface area contributed by atoms with Gasteiger partial charge in [0.15, 0.2) is 0 Å². The van der Waals surface area contributed by atoms with Crippen LogP contribution in [0.15, 0.2) is 42.5 Å². The lowest BCUT2D eigenvalue weighted by Gasteiger charge is -2.11. The maximum Gasteiger partial charge on any atom is 0.255 e. The Hall–Kier alpha value is -2.73. The van der Waals surface area contributed by atoms with E-state index in [1.165, 1.54) is 24.3 Å². The zero-order valence-corrected chi connectivity index (χ0v) is 12.7. The van der Waals surface area contributed by atoms with Crippen molar-refractivity contribution in [2.75, 3.05) is 17.2 Å². The Morgan fingerprint density at radius 2 is 1.78 bits per heavy atom. The number of aryl methyl sites for hydroxylation is 1. The molecular weight excluding hydrogens is 297 g/mol. The molecule has 6 heteroatoms. The van der Waals surface area contributed by atoms with Crippen LogP contribution >= 0.6 is 0 Å². The van der Waals surface area contributed by atoms with Gasteiger partial charge < -0.3 is 16.4 Å². The van der Waals surface area contributed by atoms with Crippen molar-refractivity contribution < 1.29 is 14.0 Å². The summed E-state index contributed by atoms with van der Waals surface area (Å²) in [6.07, 6.45) is 0.227. The molecule has 0 spiro atoms. The van der Waals surface area contributed by atoms with Gasteiger partial charge in [-0.15, -0.1) is 0 Å². The number of halogens is 1. The van der Waals surface area contributed by atoms with E-state index in [4.69, 9.17) is 5.73 Å². The monoisotopic (exact) mass is 315 g/mol. The zero-order valence-electron chi connectivity index (χ0n) is 12.7. The van der Waals surface area contributed by atoms with Gasteiger partial charge in [0.1, 0.15) is 5.82 Å². The molecule has 0 radical (unpaired) electrons. The van der Waals surface area contributed by atoms with Gasteiger partial charge in [-0.1, -0.05) is 6.07 Å². The topological polar surface area (TPSA) is 84.2 Å². The van der Waals surface area contributed by atoms with E-state index >= 15 is 0 Å². The number of benzene rings is 2. The van der Waals surface area contributed by atoms with E-state index in [0.29, 0.717) is 16.9 Å². The predicted octanol–water partition coefficient (Wildman–Crippen LogP) is 2.67. The lowest BCUT2D eigenvalue weighted by Crippen LogP contribution is -2.17. The van der Waals surface area contributed by atoms with Gasteiger partial charge in [0.2, 0.25) is 5.91 Å². The summed E-state index contributed by atoms with van der Waals surface area (Å²) in [6, 6.07) is 10.5. The summed E-state index contributed by atoms with van der Waals surface area (Å²) in [5.74, 6) is -0.937. The number of anilines is 2. The molecule has 0 unspecified atom stereocenters. The van der Waals surface area contributed by atoms with E-state index in [2.05, 4.69) is 10.6 Å². The average molecular weight is 315 g/mol. The molecule has 0 bridgehead atoms. The quantitative estimate of drug-likeness (QED) is 0.793. The van der Waals surface area contributed by atoms with Gasteiger partial charge in [-0.05, 0) is 48.9 Å². The largest absolute Gasteiger partial charge is 0.330 e. The molecule has 2 amide bonds. The van der Waals surface area contributed by atoms with Crippen LogP contribution in [-0.2, 0) is 4.79 Å². The molecule has 0 saturated heterocycles. The summed E-state index contributed by atoms with van der Waals surface area (Å²) in [5, 5.41) is 5.47. The second-order valence-electron chi connectivity index (χ2n) is 5.08. The minimum absolute atomic E-state index is 0.188. The van der Waals surface area contributed by atoms with E-state index in [1.54, 1.807) is 18.2 Å². The van der Waals surface area contributed by atoms with Crippen molar-refractivity contribution in [1.82, 2.24) is 0 Å². The summed E-state index contributed by atoms with van der Waals surface area (Å²) in [6.45, 7) is 2.11. The van der Waals surface area contributed by atoms with Crippen LogP contribution in [0.1, 0.15) is 22.3 Å². The summed E-state index contributed by atoms with van der Waals surface area (Å²) in [5.41, 5.74) is 7.68. The highest BCUT2D eigenvalue weighted by molar-refractivity contribution is 6.05. The van der Waals surface area contributed by atoms with Crippen LogP contribution in [-0.4, -0.2) is 18.4 Å². The van der Waals surface area contributed by atoms with Crippen LogP contribution in [0.5, 0.6) is 0 Å². The Kier molecular flexibility index (Phi) is 5.43. The Morgan fingerprint density at radius 1 is 1.09 bits per heavy atom. The van der Waals surface area contributed by atoms with E-state index in [-0.39, 0.29) is 24.8 Å². The SMILES string of the molecule is Cc1ccc(NC(=O)CCN)cc1NC(=O)c1ccc(F)cc1. The summed E-state index contributed by atoms with van der Waals surface area (Å²) < 4.78 is 12.9. The third kappa shape index (κ3) is 4.62. The number of hydrogen-bond donors (Lipinski definition) is 3. The molecule has 0 fully saturated rings. The number of hydrogen-bond acceptors (Lipinski definition) is 3. The summed E-state index contributed by atoms with van der Waals surface area (Å²) in [4.78, 5) is 23.7. The third-order valence-electron chi connectivity index (χ3n) is 3.25. The summed E-state index contributed by atoms with van der Waals surface area (Å²) >= 11 is 0. The molecule has 0 atom stereocenters. The van der Waals surface area contributed by atoms with Gasteiger partial charge in [-0.2, -0.15) is 0 Å². The van der Waals surface area contributed by atoms with Crippen molar-refractivity contribution in [2.24, 2.45) is 5.73 Å². The molecule has 0 heterocycles. The average Bonchev–Trinajstić information content (AvgIpc) is 2.51. The molecule has 2 aromatic carbocycles. The fourth-order valence-electron chi connectivity index (χ4n) is 1.98. The molecule has 2 aromatic rings. The fraction of sp³-hybridized carbons (Fsp3) is 0.176. The van der Waals surface area contributed by atoms with E-state index < -0.39 is 5.82 Å². The van der Waals surface area contributed by atoms with Crippen LogP contribution in [0.4, 0.5) is 15.8 Å². The first-order chi connectivity index (χ1) is 11.0. The number of carbonyl (C=O) groups is 2. The van der Waals surface area contributed by atoms with E-state index in [1.807, 2.05) is 6.92 Å². The first kappa shape index (κ1) is 16.6. The zero-order chi connectivity index (χ0) is 16.8. The normalized spacial score (nSPS) is 10.2. The first-order valence-electron chi connectivity index (χ1n) is 7.17. The summed E-state index contributed by atoms with van der Waals surface area (Å²) in [7, 11) is 0. The van der Waals surface area contributed by atoms with Crippen molar-refractivity contribution in [1.29, 1.82) is 0 Å². The van der Waals surface area contributed by atoms with Gasteiger partial charge in [-0.25, -0.2) is 4.39 Å². The van der Waals surface area contributed by atoms with Gasteiger partial charge in [0.25, 0.3) is 5.91 Å². The Labute approximate surface area is 133 Å². The number of nitrogens with one attached hydrogen (secondary N) is 2. The molecule has 0 aliphatic rings. The molecule has 5 nitrogen and oxygen atoms in total. The van der Waals surface area contributed by atoms with Crippen LogP contribution in [0, 0.1) is 12.7 Å². The van der Waals surface area contributed by atoms with Crippen LogP contribution < -0.4 is 16.4 Å². The van der Waals surface area contributed by atoms with Gasteiger partial charge in [0.05, 0.1) is 0 Å². The minimum atomic E-state index is -0.401. The van der Waals surface area contributed by atoms with Crippen LogP contribution in [0.3, 0.4) is 0 Å².